The fourth-order valence-corrected chi connectivity index (χ4v) is 4.72. The van der Waals surface area contributed by atoms with Gasteiger partial charge in [0.05, 0.1) is 16.9 Å². The van der Waals surface area contributed by atoms with Crippen LogP contribution in [0.25, 0.3) is 10.9 Å². The fraction of sp³-hybridized carbons (Fsp3) is 0.207. The van der Waals surface area contributed by atoms with Gasteiger partial charge >= 0.3 is 0 Å². The molecule has 1 aliphatic rings. The maximum atomic E-state index is 13.2. The van der Waals surface area contributed by atoms with Gasteiger partial charge in [0.2, 0.25) is 5.91 Å². The number of aliphatic imine (C=N–C) groups is 1. The standard InChI is InChI=1S/C29H27ClN4O/c1-3-34(4-2)18-19-7-12-23(13-8-19)32-28(21-10-9-20-6-5-15-31-25(20)16-21)27-24-14-11-22(30)17-26(24)33-29(27)35/h5-17,27H,3-4,18H2,1-2H3,(H,33,35). The van der Waals surface area contributed by atoms with E-state index in [0.29, 0.717) is 10.7 Å². The van der Waals surface area contributed by atoms with Crippen LogP contribution in [-0.2, 0) is 11.3 Å². The van der Waals surface area contributed by atoms with Crippen molar-refractivity contribution >= 4 is 45.5 Å². The van der Waals surface area contributed by atoms with Gasteiger partial charge in [-0.25, -0.2) is 0 Å². The number of rotatable bonds is 7. The molecule has 0 spiro atoms. The third-order valence-electron chi connectivity index (χ3n) is 6.51. The van der Waals surface area contributed by atoms with Crippen molar-refractivity contribution in [1.82, 2.24) is 9.88 Å². The van der Waals surface area contributed by atoms with Gasteiger partial charge in [-0.3, -0.25) is 19.7 Å². The van der Waals surface area contributed by atoms with E-state index in [0.717, 1.165) is 53.0 Å². The lowest BCUT2D eigenvalue weighted by atomic mass is 9.90. The minimum absolute atomic E-state index is 0.111. The van der Waals surface area contributed by atoms with Crippen LogP contribution in [0.5, 0.6) is 0 Å². The first-order valence-electron chi connectivity index (χ1n) is 11.9. The second-order valence-corrected chi connectivity index (χ2v) is 9.13. The second-order valence-electron chi connectivity index (χ2n) is 8.69. The molecule has 176 valence electrons. The Hall–Kier alpha value is -3.54. The molecular weight excluding hydrogens is 456 g/mol. The molecule has 0 saturated carbocycles. The van der Waals surface area contributed by atoms with Crippen LogP contribution < -0.4 is 5.32 Å². The zero-order chi connectivity index (χ0) is 24.4. The highest BCUT2D eigenvalue weighted by Gasteiger charge is 2.35. The van der Waals surface area contributed by atoms with Gasteiger partial charge in [0, 0.05) is 28.8 Å². The molecule has 5 nitrogen and oxygen atoms in total. The molecule has 4 aromatic rings. The molecule has 1 aliphatic heterocycles. The maximum Gasteiger partial charge on any atom is 0.238 e. The summed E-state index contributed by atoms with van der Waals surface area (Å²) in [4.78, 5) is 25.1. The smallest absolute Gasteiger partial charge is 0.238 e. The summed E-state index contributed by atoms with van der Waals surface area (Å²) in [6.45, 7) is 7.27. The summed E-state index contributed by atoms with van der Waals surface area (Å²) in [5.74, 6) is -0.654. The number of halogens is 1. The number of fused-ring (bicyclic) bond motifs is 2. The summed E-state index contributed by atoms with van der Waals surface area (Å²) in [5.41, 5.74) is 6.06. The molecule has 35 heavy (non-hydrogen) atoms. The number of benzene rings is 3. The molecule has 0 fully saturated rings. The van der Waals surface area contributed by atoms with Crippen LogP contribution in [0.1, 0.15) is 36.5 Å². The van der Waals surface area contributed by atoms with Crippen molar-refractivity contribution in [1.29, 1.82) is 0 Å². The molecule has 0 bridgehead atoms. The number of hydrogen-bond acceptors (Lipinski definition) is 4. The Morgan fingerprint density at radius 2 is 1.83 bits per heavy atom. The van der Waals surface area contributed by atoms with E-state index in [-0.39, 0.29) is 5.91 Å². The normalized spacial score (nSPS) is 15.5. The van der Waals surface area contributed by atoms with Crippen LogP contribution in [-0.4, -0.2) is 34.6 Å². The third-order valence-corrected chi connectivity index (χ3v) is 6.74. The van der Waals surface area contributed by atoms with E-state index in [1.54, 1.807) is 12.3 Å². The highest BCUT2D eigenvalue weighted by molar-refractivity contribution is 6.31. The van der Waals surface area contributed by atoms with Crippen molar-refractivity contribution in [3.8, 4) is 0 Å². The Kier molecular flexibility index (Phi) is 6.62. The lowest BCUT2D eigenvalue weighted by molar-refractivity contribution is -0.115. The highest BCUT2D eigenvalue weighted by atomic mass is 35.5. The van der Waals surface area contributed by atoms with Gasteiger partial charge < -0.3 is 5.32 Å². The average Bonchev–Trinajstić information content (AvgIpc) is 3.20. The lowest BCUT2D eigenvalue weighted by Crippen LogP contribution is -2.22. The van der Waals surface area contributed by atoms with Crippen molar-refractivity contribution in [3.05, 3.63) is 101 Å². The molecule has 0 radical (unpaired) electrons. The molecule has 0 saturated heterocycles. The number of carbonyl (C=O) groups excluding carboxylic acids is 1. The largest absolute Gasteiger partial charge is 0.325 e. The van der Waals surface area contributed by atoms with E-state index in [4.69, 9.17) is 16.6 Å². The average molecular weight is 483 g/mol. The minimum atomic E-state index is -0.543. The molecule has 3 aromatic carbocycles. The quantitative estimate of drug-likeness (QED) is 0.302. The molecule has 6 heteroatoms. The first kappa shape index (κ1) is 23.2. The predicted octanol–water partition coefficient (Wildman–Crippen LogP) is 6.59. The first-order chi connectivity index (χ1) is 17.1. The van der Waals surface area contributed by atoms with Crippen LogP contribution in [0.15, 0.2) is 84.0 Å². The molecule has 1 aromatic heterocycles. The van der Waals surface area contributed by atoms with Gasteiger partial charge in [0.1, 0.15) is 5.92 Å². The summed E-state index contributed by atoms with van der Waals surface area (Å²) >= 11 is 6.19. The van der Waals surface area contributed by atoms with Crippen LogP contribution in [0.2, 0.25) is 5.02 Å². The summed E-state index contributed by atoms with van der Waals surface area (Å²) in [5, 5.41) is 4.61. The summed E-state index contributed by atoms with van der Waals surface area (Å²) in [6, 6.07) is 23.8. The van der Waals surface area contributed by atoms with Crippen LogP contribution in [0, 0.1) is 0 Å². The van der Waals surface area contributed by atoms with Crippen molar-refractivity contribution in [3.63, 3.8) is 0 Å². The Bertz CT molecular complexity index is 1410. The van der Waals surface area contributed by atoms with Crippen LogP contribution in [0.3, 0.4) is 0 Å². The van der Waals surface area contributed by atoms with Crippen molar-refractivity contribution in [2.24, 2.45) is 4.99 Å². The molecular formula is C29H27ClN4O. The first-order valence-corrected chi connectivity index (χ1v) is 12.3. The van der Waals surface area contributed by atoms with Crippen LogP contribution in [0.4, 0.5) is 11.4 Å². The van der Waals surface area contributed by atoms with E-state index in [2.05, 4.69) is 41.2 Å². The third kappa shape index (κ3) is 4.83. The molecule has 5 rings (SSSR count). The zero-order valence-electron chi connectivity index (χ0n) is 19.8. The number of aromatic nitrogens is 1. The van der Waals surface area contributed by atoms with Crippen molar-refractivity contribution in [2.45, 2.75) is 26.3 Å². The van der Waals surface area contributed by atoms with Gasteiger partial charge in [-0.05, 0) is 66.2 Å². The van der Waals surface area contributed by atoms with E-state index in [1.165, 1.54) is 5.56 Å². The molecule has 1 amide bonds. The Morgan fingerprint density at radius 3 is 2.60 bits per heavy atom. The predicted molar refractivity (Wildman–Crippen MR) is 144 cm³/mol. The van der Waals surface area contributed by atoms with Gasteiger partial charge in [-0.15, -0.1) is 0 Å². The number of nitrogens with zero attached hydrogens (tertiary/aromatic N) is 3. The van der Waals surface area contributed by atoms with E-state index < -0.39 is 5.92 Å². The molecule has 1 unspecified atom stereocenters. The van der Waals surface area contributed by atoms with Gasteiger partial charge in [0.25, 0.3) is 0 Å². The highest BCUT2D eigenvalue weighted by Crippen LogP contribution is 2.38. The minimum Gasteiger partial charge on any atom is -0.325 e. The fourth-order valence-electron chi connectivity index (χ4n) is 4.55. The number of hydrogen-bond donors (Lipinski definition) is 1. The monoisotopic (exact) mass is 482 g/mol. The van der Waals surface area contributed by atoms with E-state index in [9.17, 15) is 4.79 Å². The van der Waals surface area contributed by atoms with Gasteiger partial charge in [-0.2, -0.15) is 0 Å². The molecule has 0 aliphatic carbocycles. The van der Waals surface area contributed by atoms with Crippen LogP contribution >= 0.6 is 11.6 Å². The number of anilines is 1. The number of pyridine rings is 1. The number of amides is 1. The van der Waals surface area contributed by atoms with E-state index >= 15 is 0 Å². The topological polar surface area (TPSA) is 57.6 Å². The Labute approximate surface area is 210 Å². The van der Waals surface area contributed by atoms with Crippen molar-refractivity contribution < 1.29 is 4.79 Å². The Morgan fingerprint density at radius 1 is 1.03 bits per heavy atom. The van der Waals surface area contributed by atoms with Crippen molar-refractivity contribution in [2.75, 3.05) is 18.4 Å². The van der Waals surface area contributed by atoms with Gasteiger partial charge in [0.15, 0.2) is 0 Å². The van der Waals surface area contributed by atoms with Gasteiger partial charge in [-0.1, -0.05) is 61.8 Å². The number of carbonyl (C=O) groups is 1. The summed E-state index contributed by atoms with van der Waals surface area (Å²) < 4.78 is 0. The zero-order valence-corrected chi connectivity index (χ0v) is 20.6. The summed E-state index contributed by atoms with van der Waals surface area (Å²) in [6.07, 6.45) is 1.77. The number of nitrogens with one attached hydrogen (secondary N) is 1. The summed E-state index contributed by atoms with van der Waals surface area (Å²) in [7, 11) is 0. The second kappa shape index (κ2) is 9.98. The Balaban J connectivity index is 1.59. The molecule has 1 atom stereocenters. The lowest BCUT2D eigenvalue weighted by Gasteiger charge is -2.18. The SMILES string of the molecule is CCN(CC)Cc1ccc(N=C(c2ccc3cccnc3c2)C2C(=O)Nc3cc(Cl)ccc32)cc1. The molecule has 1 N–H and O–H groups in total. The maximum absolute atomic E-state index is 13.2. The van der Waals surface area contributed by atoms with E-state index in [1.807, 2.05) is 54.6 Å². The molecule has 2 heterocycles.